The molecule has 2 aromatic rings. The van der Waals surface area contributed by atoms with Gasteiger partial charge >= 0.3 is 0 Å². The summed E-state index contributed by atoms with van der Waals surface area (Å²) in [6.45, 7) is 2.09. The molecule has 1 aliphatic rings. The van der Waals surface area contributed by atoms with Crippen molar-refractivity contribution in [3.8, 4) is 0 Å². The van der Waals surface area contributed by atoms with Crippen molar-refractivity contribution in [2.24, 2.45) is 0 Å². The first kappa shape index (κ1) is 20.0. The molecule has 0 spiro atoms. The number of hydrogen-bond donors (Lipinski definition) is 1. The van der Waals surface area contributed by atoms with Crippen LogP contribution < -0.4 is 0 Å². The number of nitrogens with zero attached hydrogens (tertiary/aromatic N) is 3. The molecule has 1 aliphatic heterocycles. The number of nitro benzene ring substituents is 1. The van der Waals surface area contributed by atoms with Gasteiger partial charge in [0.1, 0.15) is 0 Å². The highest BCUT2D eigenvalue weighted by Crippen LogP contribution is 2.24. The monoisotopic (exact) mass is 383 g/mol. The number of likely N-dealkylation sites (tertiary alicyclic amines) is 1. The fraction of sp³-hybridized carbons (Fsp3) is 0.381. The lowest BCUT2D eigenvalue weighted by molar-refractivity contribution is -0.384. The van der Waals surface area contributed by atoms with Crippen LogP contribution in [0, 0.1) is 10.1 Å². The van der Waals surface area contributed by atoms with Crippen LogP contribution in [-0.4, -0.2) is 58.5 Å². The Labute approximate surface area is 164 Å². The average Bonchev–Trinajstić information content (AvgIpc) is 3.11. The zero-order valence-corrected chi connectivity index (χ0v) is 15.9. The number of β-amino-alcohol motifs (C(OH)–C–C–N with tert-alkyl or cyclic N) is 1. The molecule has 148 valence electrons. The van der Waals surface area contributed by atoms with Crippen LogP contribution in [0.4, 0.5) is 5.69 Å². The van der Waals surface area contributed by atoms with Crippen LogP contribution in [0.1, 0.15) is 23.6 Å². The first-order valence-electron chi connectivity index (χ1n) is 9.38. The molecule has 0 radical (unpaired) electrons. The van der Waals surface area contributed by atoms with Crippen molar-refractivity contribution in [2.45, 2.75) is 25.0 Å². The second kappa shape index (κ2) is 8.95. The minimum absolute atomic E-state index is 0.0132. The smallest absolute Gasteiger partial charge is 0.269 e. The van der Waals surface area contributed by atoms with Crippen LogP contribution in [0.3, 0.4) is 0 Å². The van der Waals surface area contributed by atoms with Crippen molar-refractivity contribution in [3.63, 3.8) is 0 Å². The molecule has 2 aromatic carbocycles. The summed E-state index contributed by atoms with van der Waals surface area (Å²) >= 11 is 0. The summed E-state index contributed by atoms with van der Waals surface area (Å²) in [5.74, 6) is -0.0533. The Morgan fingerprint density at radius 2 is 1.93 bits per heavy atom. The van der Waals surface area contributed by atoms with Gasteiger partial charge in [-0.3, -0.25) is 19.8 Å². The Balaban J connectivity index is 1.73. The Bertz CT molecular complexity index is 810. The molecule has 0 bridgehead atoms. The van der Waals surface area contributed by atoms with E-state index in [0.29, 0.717) is 13.1 Å². The van der Waals surface area contributed by atoms with E-state index in [-0.39, 0.29) is 30.2 Å². The molecule has 0 saturated carbocycles. The van der Waals surface area contributed by atoms with Crippen LogP contribution in [0.2, 0.25) is 0 Å². The van der Waals surface area contributed by atoms with Gasteiger partial charge in [-0.1, -0.05) is 42.5 Å². The van der Waals surface area contributed by atoms with Gasteiger partial charge in [-0.15, -0.1) is 0 Å². The zero-order chi connectivity index (χ0) is 20.1. The summed E-state index contributed by atoms with van der Waals surface area (Å²) in [5.41, 5.74) is 1.80. The van der Waals surface area contributed by atoms with Crippen molar-refractivity contribution in [2.75, 3.05) is 26.7 Å². The van der Waals surface area contributed by atoms with Crippen LogP contribution in [-0.2, 0) is 11.2 Å². The second-order valence-corrected chi connectivity index (χ2v) is 7.23. The number of benzene rings is 2. The highest BCUT2D eigenvalue weighted by Gasteiger charge is 2.28. The molecule has 1 amide bonds. The summed E-state index contributed by atoms with van der Waals surface area (Å²) in [4.78, 5) is 27.2. The topological polar surface area (TPSA) is 86.9 Å². The highest BCUT2D eigenvalue weighted by atomic mass is 16.6. The predicted molar refractivity (Wildman–Crippen MR) is 106 cm³/mol. The fourth-order valence-electron chi connectivity index (χ4n) is 3.56. The van der Waals surface area contributed by atoms with Gasteiger partial charge in [0, 0.05) is 38.8 Å². The van der Waals surface area contributed by atoms with Crippen molar-refractivity contribution < 1.29 is 14.8 Å². The Hall–Kier alpha value is -2.77. The largest absolute Gasteiger partial charge is 0.392 e. The molecule has 0 aromatic heterocycles. The molecular weight excluding hydrogens is 358 g/mol. The fourth-order valence-corrected chi connectivity index (χ4v) is 3.56. The number of amides is 1. The van der Waals surface area contributed by atoms with Crippen molar-refractivity contribution >= 4 is 11.6 Å². The highest BCUT2D eigenvalue weighted by molar-refractivity contribution is 5.79. The number of carbonyl (C=O) groups excluding carboxylic acids is 1. The summed E-state index contributed by atoms with van der Waals surface area (Å²) in [6.07, 6.45) is 0.625. The first-order chi connectivity index (χ1) is 13.4. The van der Waals surface area contributed by atoms with Gasteiger partial charge in [0.25, 0.3) is 5.69 Å². The van der Waals surface area contributed by atoms with Crippen LogP contribution in [0.5, 0.6) is 0 Å². The Morgan fingerprint density at radius 1 is 1.25 bits per heavy atom. The number of hydrogen-bond acceptors (Lipinski definition) is 5. The number of likely N-dealkylation sites (N-methyl/N-ethyl adjacent to an activating group) is 1. The van der Waals surface area contributed by atoms with E-state index in [1.54, 1.807) is 24.1 Å². The minimum atomic E-state index is -0.451. The van der Waals surface area contributed by atoms with E-state index in [2.05, 4.69) is 4.90 Å². The lowest BCUT2D eigenvalue weighted by atomic mass is 10.0. The van der Waals surface area contributed by atoms with E-state index >= 15 is 0 Å². The third-order valence-corrected chi connectivity index (χ3v) is 5.23. The number of aliphatic hydroxyl groups is 1. The number of non-ortho nitro benzene ring substituents is 1. The lowest BCUT2D eigenvalue weighted by Gasteiger charge is -2.32. The number of carbonyl (C=O) groups is 1. The van der Waals surface area contributed by atoms with Gasteiger partial charge in [0.15, 0.2) is 0 Å². The molecule has 7 nitrogen and oxygen atoms in total. The summed E-state index contributed by atoms with van der Waals surface area (Å²) in [7, 11) is 1.79. The quantitative estimate of drug-likeness (QED) is 0.586. The average molecular weight is 383 g/mol. The van der Waals surface area contributed by atoms with Crippen LogP contribution in [0.25, 0.3) is 0 Å². The number of aliphatic hydroxyl groups excluding tert-OH is 1. The van der Waals surface area contributed by atoms with E-state index in [1.165, 1.54) is 12.1 Å². The first-order valence-corrected chi connectivity index (χ1v) is 9.38. The molecule has 7 heteroatoms. The van der Waals surface area contributed by atoms with Gasteiger partial charge in [-0.2, -0.15) is 0 Å². The molecular formula is C21H25N3O4. The van der Waals surface area contributed by atoms with Crippen LogP contribution in [0.15, 0.2) is 54.6 Å². The maximum absolute atomic E-state index is 12.9. The van der Waals surface area contributed by atoms with E-state index < -0.39 is 4.92 Å². The molecule has 28 heavy (non-hydrogen) atoms. The number of nitro groups is 1. The van der Waals surface area contributed by atoms with Gasteiger partial charge in [-0.25, -0.2) is 0 Å². The zero-order valence-electron chi connectivity index (χ0n) is 15.9. The molecule has 0 aliphatic carbocycles. The van der Waals surface area contributed by atoms with E-state index in [4.69, 9.17) is 0 Å². The van der Waals surface area contributed by atoms with Gasteiger partial charge in [0.2, 0.25) is 5.91 Å². The molecule has 1 saturated heterocycles. The maximum atomic E-state index is 12.9. The summed E-state index contributed by atoms with van der Waals surface area (Å²) < 4.78 is 0. The maximum Gasteiger partial charge on any atom is 0.269 e. The summed E-state index contributed by atoms with van der Waals surface area (Å²) in [5, 5.41) is 20.6. The lowest BCUT2D eigenvalue weighted by Crippen LogP contribution is -2.39. The van der Waals surface area contributed by atoms with E-state index in [9.17, 15) is 20.0 Å². The molecule has 2 atom stereocenters. The van der Waals surface area contributed by atoms with Gasteiger partial charge in [-0.05, 0) is 17.5 Å². The number of rotatable bonds is 7. The third-order valence-electron chi connectivity index (χ3n) is 5.23. The molecule has 1 fully saturated rings. The Kier molecular flexibility index (Phi) is 6.38. The predicted octanol–water partition coefficient (Wildman–Crippen LogP) is 2.40. The molecule has 3 rings (SSSR count). The molecule has 1 N–H and O–H groups in total. The van der Waals surface area contributed by atoms with E-state index in [1.807, 2.05) is 30.3 Å². The van der Waals surface area contributed by atoms with E-state index in [0.717, 1.165) is 24.1 Å². The normalized spacial score (nSPS) is 18.0. The van der Waals surface area contributed by atoms with Crippen LogP contribution >= 0.6 is 0 Å². The van der Waals surface area contributed by atoms with Gasteiger partial charge in [0.05, 0.1) is 23.5 Å². The van der Waals surface area contributed by atoms with Crippen molar-refractivity contribution in [3.05, 3.63) is 75.8 Å². The Morgan fingerprint density at radius 3 is 2.50 bits per heavy atom. The van der Waals surface area contributed by atoms with Gasteiger partial charge < -0.3 is 10.0 Å². The van der Waals surface area contributed by atoms with Crippen molar-refractivity contribution in [1.29, 1.82) is 0 Å². The molecule has 2 unspecified atom stereocenters. The standard InChI is InChI=1S/C21H25N3O4/c1-22(21(26)13-16-7-9-18(10-8-16)24(27)28)20(17-5-3-2-4-6-17)15-23-12-11-19(25)14-23/h2-10,19-20,25H,11-15H2,1H3. The minimum Gasteiger partial charge on any atom is -0.392 e. The second-order valence-electron chi connectivity index (χ2n) is 7.23. The third kappa shape index (κ3) is 4.94. The SMILES string of the molecule is CN(C(=O)Cc1ccc([N+](=O)[O-])cc1)C(CN1CCC(O)C1)c1ccccc1. The molecule has 1 heterocycles. The summed E-state index contributed by atoms with van der Waals surface area (Å²) in [6, 6.07) is 15.8. The van der Waals surface area contributed by atoms with Crippen molar-refractivity contribution in [1.82, 2.24) is 9.80 Å².